The van der Waals surface area contributed by atoms with E-state index in [2.05, 4.69) is 10.1 Å². The van der Waals surface area contributed by atoms with Crippen LogP contribution in [0, 0.1) is 0 Å². The Morgan fingerprint density at radius 1 is 1.40 bits per heavy atom. The number of carbonyl (C=O) groups is 1. The summed E-state index contributed by atoms with van der Waals surface area (Å²) in [6, 6.07) is 5.10. The first-order valence-corrected chi connectivity index (χ1v) is 6.26. The Bertz CT molecular complexity index is 876. The summed E-state index contributed by atoms with van der Waals surface area (Å²) in [5.74, 6) is -0.385. The minimum absolute atomic E-state index is 0.143. The molecule has 6 nitrogen and oxygen atoms in total. The SMILES string of the molecule is CCOC(=O)c1ccc2ncc3c(=O)n(C)[nH]c3c2c1. The minimum Gasteiger partial charge on any atom is -0.462 e. The number of ether oxygens (including phenoxy) is 1. The Balaban J connectivity index is 2.31. The Labute approximate surface area is 114 Å². The highest BCUT2D eigenvalue weighted by atomic mass is 16.5. The Hall–Kier alpha value is -2.63. The van der Waals surface area contributed by atoms with Crippen molar-refractivity contribution < 1.29 is 9.53 Å². The maximum Gasteiger partial charge on any atom is 0.338 e. The number of H-pyrrole nitrogens is 1. The molecule has 3 rings (SSSR count). The van der Waals surface area contributed by atoms with Gasteiger partial charge >= 0.3 is 5.97 Å². The maximum atomic E-state index is 11.9. The van der Waals surface area contributed by atoms with E-state index in [1.807, 2.05) is 0 Å². The number of nitrogens with zero attached hydrogens (tertiary/aromatic N) is 2. The second-order valence-corrected chi connectivity index (χ2v) is 4.48. The van der Waals surface area contributed by atoms with Gasteiger partial charge in [0, 0.05) is 18.6 Å². The lowest BCUT2D eigenvalue weighted by Gasteiger charge is -2.03. The zero-order valence-corrected chi connectivity index (χ0v) is 11.1. The van der Waals surface area contributed by atoms with Gasteiger partial charge in [-0.2, -0.15) is 0 Å². The molecule has 0 spiro atoms. The molecule has 0 aliphatic rings. The number of aromatic nitrogens is 3. The number of fused-ring (bicyclic) bond motifs is 3. The maximum absolute atomic E-state index is 11.9. The number of benzene rings is 1. The predicted octanol–water partition coefficient (Wildman–Crippen LogP) is 1.59. The Kier molecular flexibility index (Phi) is 2.78. The molecule has 0 amide bonds. The van der Waals surface area contributed by atoms with Gasteiger partial charge in [0.1, 0.15) is 0 Å². The minimum atomic E-state index is -0.385. The van der Waals surface area contributed by atoms with Crippen LogP contribution >= 0.6 is 0 Å². The third-order valence-corrected chi connectivity index (χ3v) is 3.19. The smallest absolute Gasteiger partial charge is 0.338 e. The second-order valence-electron chi connectivity index (χ2n) is 4.48. The molecule has 20 heavy (non-hydrogen) atoms. The zero-order chi connectivity index (χ0) is 14.3. The Morgan fingerprint density at radius 2 is 2.20 bits per heavy atom. The normalized spacial score (nSPS) is 11.1. The lowest BCUT2D eigenvalue weighted by atomic mass is 10.1. The first-order valence-electron chi connectivity index (χ1n) is 6.26. The van der Waals surface area contributed by atoms with Gasteiger partial charge in [0.2, 0.25) is 0 Å². The molecule has 0 fully saturated rings. The van der Waals surface area contributed by atoms with Gasteiger partial charge in [0.25, 0.3) is 5.56 Å². The molecule has 0 saturated heterocycles. The van der Waals surface area contributed by atoms with Crippen LogP contribution in [0.2, 0.25) is 0 Å². The van der Waals surface area contributed by atoms with Crippen LogP contribution in [-0.2, 0) is 11.8 Å². The van der Waals surface area contributed by atoms with Crippen molar-refractivity contribution >= 4 is 27.8 Å². The van der Waals surface area contributed by atoms with Gasteiger partial charge in [0.05, 0.1) is 28.6 Å². The quantitative estimate of drug-likeness (QED) is 0.718. The van der Waals surface area contributed by atoms with Crippen LogP contribution in [0.3, 0.4) is 0 Å². The van der Waals surface area contributed by atoms with Crippen molar-refractivity contribution in [3.63, 3.8) is 0 Å². The number of rotatable bonds is 2. The monoisotopic (exact) mass is 271 g/mol. The molecule has 1 N–H and O–H groups in total. The lowest BCUT2D eigenvalue weighted by molar-refractivity contribution is 0.0526. The molecule has 0 bridgehead atoms. The number of aromatic amines is 1. The number of carbonyl (C=O) groups excluding carboxylic acids is 1. The average molecular weight is 271 g/mol. The van der Waals surface area contributed by atoms with E-state index in [0.29, 0.717) is 28.6 Å². The van der Waals surface area contributed by atoms with Crippen molar-refractivity contribution in [2.24, 2.45) is 7.05 Å². The summed E-state index contributed by atoms with van der Waals surface area (Å²) in [6.07, 6.45) is 1.54. The molecule has 2 aromatic heterocycles. The number of hydrogen-bond donors (Lipinski definition) is 1. The van der Waals surface area contributed by atoms with E-state index in [0.717, 1.165) is 5.39 Å². The molecular formula is C14H13N3O3. The van der Waals surface area contributed by atoms with Gasteiger partial charge in [0.15, 0.2) is 0 Å². The summed E-state index contributed by atoms with van der Waals surface area (Å²) in [5.41, 5.74) is 1.69. The van der Waals surface area contributed by atoms with E-state index >= 15 is 0 Å². The summed E-state index contributed by atoms with van der Waals surface area (Å²) >= 11 is 0. The summed E-state index contributed by atoms with van der Waals surface area (Å²) in [7, 11) is 1.64. The van der Waals surface area contributed by atoms with E-state index in [1.165, 1.54) is 4.68 Å². The third-order valence-electron chi connectivity index (χ3n) is 3.19. The topological polar surface area (TPSA) is 77.0 Å². The van der Waals surface area contributed by atoms with Gasteiger partial charge < -0.3 is 4.74 Å². The van der Waals surface area contributed by atoms with Crippen molar-refractivity contribution in [3.05, 3.63) is 40.3 Å². The van der Waals surface area contributed by atoms with Gasteiger partial charge in [-0.1, -0.05) is 0 Å². The van der Waals surface area contributed by atoms with Crippen molar-refractivity contribution in [2.75, 3.05) is 6.61 Å². The lowest BCUT2D eigenvalue weighted by Crippen LogP contribution is -2.11. The summed E-state index contributed by atoms with van der Waals surface area (Å²) in [4.78, 5) is 27.9. The van der Waals surface area contributed by atoms with Crippen LogP contribution in [0.1, 0.15) is 17.3 Å². The van der Waals surface area contributed by atoms with Crippen LogP contribution in [-0.4, -0.2) is 27.3 Å². The van der Waals surface area contributed by atoms with Crippen molar-refractivity contribution in [3.8, 4) is 0 Å². The Morgan fingerprint density at radius 3 is 2.95 bits per heavy atom. The number of hydrogen-bond acceptors (Lipinski definition) is 4. The highest BCUT2D eigenvalue weighted by molar-refractivity contribution is 6.05. The molecule has 0 radical (unpaired) electrons. The fraction of sp³-hybridized carbons (Fsp3) is 0.214. The zero-order valence-electron chi connectivity index (χ0n) is 11.1. The second kappa shape index (κ2) is 4.48. The fourth-order valence-corrected chi connectivity index (χ4v) is 2.22. The van der Waals surface area contributed by atoms with E-state index in [9.17, 15) is 9.59 Å². The van der Waals surface area contributed by atoms with Gasteiger partial charge in [-0.05, 0) is 25.1 Å². The number of nitrogens with one attached hydrogen (secondary N) is 1. The highest BCUT2D eigenvalue weighted by Gasteiger charge is 2.12. The average Bonchev–Trinajstić information content (AvgIpc) is 2.74. The molecule has 2 heterocycles. The first kappa shape index (κ1) is 12.4. The van der Waals surface area contributed by atoms with Crippen molar-refractivity contribution in [1.82, 2.24) is 14.8 Å². The largest absolute Gasteiger partial charge is 0.462 e. The van der Waals surface area contributed by atoms with Gasteiger partial charge in [-0.3, -0.25) is 19.6 Å². The molecule has 6 heteroatoms. The fourth-order valence-electron chi connectivity index (χ4n) is 2.22. The number of aryl methyl sites for hydroxylation is 1. The van der Waals surface area contributed by atoms with E-state index in [-0.39, 0.29) is 11.5 Å². The first-order chi connectivity index (χ1) is 9.61. The predicted molar refractivity (Wildman–Crippen MR) is 74.8 cm³/mol. The van der Waals surface area contributed by atoms with Gasteiger partial charge in [-0.25, -0.2) is 4.79 Å². The third kappa shape index (κ3) is 1.77. The van der Waals surface area contributed by atoms with Crippen LogP contribution in [0.25, 0.3) is 21.8 Å². The summed E-state index contributed by atoms with van der Waals surface area (Å²) < 4.78 is 6.37. The van der Waals surface area contributed by atoms with Crippen LogP contribution in [0.15, 0.2) is 29.2 Å². The molecule has 0 unspecified atom stereocenters. The van der Waals surface area contributed by atoms with Crippen molar-refractivity contribution in [2.45, 2.75) is 6.92 Å². The standard InChI is InChI=1S/C14H13N3O3/c1-3-20-14(19)8-4-5-11-9(6-8)12-10(7-15-11)13(18)17(2)16-12/h4-7,16H,3H2,1-2H3. The molecule has 1 aromatic carbocycles. The van der Waals surface area contributed by atoms with Crippen LogP contribution in [0.5, 0.6) is 0 Å². The highest BCUT2D eigenvalue weighted by Crippen LogP contribution is 2.21. The molecule has 0 saturated carbocycles. The van der Waals surface area contributed by atoms with Crippen molar-refractivity contribution in [1.29, 1.82) is 0 Å². The van der Waals surface area contributed by atoms with Crippen LogP contribution in [0.4, 0.5) is 0 Å². The molecule has 0 atom stereocenters. The van der Waals surface area contributed by atoms with E-state index < -0.39 is 0 Å². The summed E-state index contributed by atoms with van der Waals surface area (Å²) in [6.45, 7) is 2.08. The molecule has 102 valence electrons. The molecule has 3 aromatic rings. The molecule has 0 aliphatic carbocycles. The van der Waals surface area contributed by atoms with Crippen LogP contribution < -0.4 is 5.56 Å². The molecule has 0 aliphatic heterocycles. The van der Waals surface area contributed by atoms with E-state index in [4.69, 9.17) is 4.74 Å². The number of pyridine rings is 1. The van der Waals surface area contributed by atoms with E-state index in [1.54, 1.807) is 38.4 Å². The van der Waals surface area contributed by atoms with Gasteiger partial charge in [-0.15, -0.1) is 0 Å². The molecular weight excluding hydrogens is 258 g/mol. The summed E-state index contributed by atoms with van der Waals surface area (Å²) in [5, 5.41) is 4.21. The number of esters is 1.